The van der Waals surface area contributed by atoms with Crippen molar-refractivity contribution in [2.75, 3.05) is 18.1 Å². The van der Waals surface area contributed by atoms with Crippen molar-refractivity contribution in [1.29, 1.82) is 0 Å². The minimum atomic E-state index is 0.0752. The lowest BCUT2D eigenvalue weighted by Gasteiger charge is -2.51. The van der Waals surface area contributed by atoms with E-state index in [0.29, 0.717) is 11.3 Å². The molecule has 1 aliphatic carbocycles. The summed E-state index contributed by atoms with van der Waals surface area (Å²) in [5.41, 5.74) is 7.59. The number of nitrogens with two attached hydrogens (primary N) is 1. The number of hydrogen-bond donors (Lipinski definition) is 1. The van der Waals surface area contributed by atoms with E-state index in [1.807, 2.05) is 0 Å². The highest BCUT2D eigenvalue weighted by Gasteiger charge is 2.49. The quantitative estimate of drug-likeness (QED) is 0.799. The molecule has 3 unspecified atom stereocenters. The average Bonchev–Trinajstić information content (AvgIpc) is 2.76. The molecule has 2 N–H and O–H groups in total. The summed E-state index contributed by atoms with van der Waals surface area (Å²) >= 11 is 2.06. The molecule has 0 aromatic carbocycles. The van der Waals surface area contributed by atoms with E-state index in [2.05, 4.69) is 25.6 Å². The summed E-state index contributed by atoms with van der Waals surface area (Å²) in [5.74, 6) is 3.15. The highest BCUT2D eigenvalue weighted by Crippen LogP contribution is 2.49. The maximum atomic E-state index is 6.90. The van der Waals surface area contributed by atoms with Gasteiger partial charge in [0.2, 0.25) is 0 Å². The van der Waals surface area contributed by atoms with E-state index in [9.17, 15) is 0 Å². The second-order valence-corrected chi connectivity index (χ2v) is 9.06. The van der Waals surface area contributed by atoms with Crippen molar-refractivity contribution in [2.45, 2.75) is 69.9 Å². The van der Waals surface area contributed by atoms with E-state index in [1.54, 1.807) is 0 Å². The van der Waals surface area contributed by atoms with Gasteiger partial charge in [-0.25, -0.2) is 0 Å². The third-order valence-corrected chi connectivity index (χ3v) is 6.90. The lowest BCUT2D eigenvalue weighted by molar-refractivity contribution is -0.0999. The summed E-state index contributed by atoms with van der Waals surface area (Å²) in [6.45, 7) is 5.73. The first kappa shape index (κ1) is 14.2. The monoisotopic (exact) mass is 283 g/mol. The molecule has 3 heteroatoms. The van der Waals surface area contributed by atoms with Crippen molar-refractivity contribution in [3.05, 3.63) is 0 Å². The summed E-state index contributed by atoms with van der Waals surface area (Å²) in [5, 5.41) is 0. The second-order valence-electron chi connectivity index (χ2n) is 7.95. The Balaban J connectivity index is 1.73. The van der Waals surface area contributed by atoms with E-state index >= 15 is 0 Å². The molecule has 2 aliphatic heterocycles. The van der Waals surface area contributed by atoms with Crippen molar-refractivity contribution < 1.29 is 4.74 Å². The fourth-order valence-corrected chi connectivity index (χ4v) is 6.07. The van der Waals surface area contributed by atoms with Crippen LogP contribution in [0, 0.1) is 11.3 Å². The van der Waals surface area contributed by atoms with Crippen molar-refractivity contribution in [3.63, 3.8) is 0 Å². The van der Waals surface area contributed by atoms with Crippen LogP contribution in [0.15, 0.2) is 0 Å². The van der Waals surface area contributed by atoms with Gasteiger partial charge in [-0.3, -0.25) is 0 Å². The molecule has 3 atom stereocenters. The molecule has 0 amide bonds. The highest BCUT2D eigenvalue weighted by molar-refractivity contribution is 7.99. The maximum Gasteiger partial charge on any atom is 0.0783 e. The molecular weight excluding hydrogens is 254 g/mol. The van der Waals surface area contributed by atoms with E-state index < -0.39 is 0 Å². The van der Waals surface area contributed by atoms with Gasteiger partial charge in [-0.05, 0) is 55.6 Å². The normalized spacial score (nSPS) is 46.6. The molecule has 1 spiro atoms. The first-order valence-electron chi connectivity index (χ1n) is 7.94. The SMILES string of the molecule is CC1(C)CCCC(N)(C2CCOC3(CCSC3)C2)C1. The minimum Gasteiger partial charge on any atom is -0.374 e. The summed E-state index contributed by atoms with van der Waals surface area (Å²) in [6, 6.07) is 0. The molecule has 0 bridgehead atoms. The summed E-state index contributed by atoms with van der Waals surface area (Å²) < 4.78 is 6.17. The number of thioether (sulfide) groups is 1. The van der Waals surface area contributed by atoms with Crippen LogP contribution in [0.5, 0.6) is 0 Å². The molecule has 2 saturated heterocycles. The number of hydrogen-bond acceptors (Lipinski definition) is 3. The van der Waals surface area contributed by atoms with Gasteiger partial charge in [-0.2, -0.15) is 11.8 Å². The van der Waals surface area contributed by atoms with Crippen molar-refractivity contribution in [3.8, 4) is 0 Å². The van der Waals surface area contributed by atoms with Crippen molar-refractivity contribution in [2.24, 2.45) is 17.1 Å². The lowest BCUT2D eigenvalue weighted by Crippen LogP contribution is -2.56. The smallest absolute Gasteiger partial charge is 0.0783 e. The second kappa shape index (κ2) is 4.92. The van der Waals surface area contributed by atoms with Gasteiger partial charge < -0.3 is 10.5 Å². The first-order chi connectivity index (χ1) is 8.93. The molecule has 3 rings (SSSR count). The molecule has 0 radical (unpaired) electrons. The Morgan fingerprint density at radius 3 is 2.74 bits per heavy atom. The van der Waals surface area contributed by atoms with Crippen LogP contribution < -0.4 is 5.73 Å². The van der Waals surface area contributed by atoms with Gasteiger partial charge in [0.1, 0.15) is 0 Å². The Morgan fingerprint density at radius 1 is 1.21 bits per heavy atom. The molecule has 110 valence electrons. The van der Waals surface area contributed by atoms with Gasteiger partial charge >= 0.3 is 0 Å². The molecule has 3 aliphatic rings. The van der Waals surface area contributed by atoms with Gasteiger partial charge in [-0.15, -0.1) is 0 Å². The van der Waals surface area contributed by atoms with Crippen LogP contribution >= 0.6 is 11.8 Å². The molecule has 19 heavy (non-hydrogen) atoms. The minimum absolute atomic E-state index is 0.0752. The van der Waals surface area contributed by atoms with E-state index in [1.165, 1.54) is 56.5 Å². The van der Waals surface area contributed by atoms with Gasteiger partial charge in [0.15, 0.2) is 0 Å². The third-order valence-electron chi connectivity index (χ3n) is 5.68. The predicted molar refractivity (Wildman–Crippen MR) is 82.5 cm³/mol. The Labute approximate surface area is 122 Å². The fraction of sp³-hybridized carbons (Fsp3) is 1.00. The third kappa shape index (κ3) is 2.84. The first-order valence-corrected chi connectivity index (χ1v) is 9.09. The fourth-order valence-electron chi connectivity index (χ4n) is 4.69. The average molecular weight is 283 g/mol. The lowest BCUT2D eigenvalue weighted by atomic mass is 9.61. The van der Waals surface area contributed by atoms with Crippen molar-refractivity contribution in [1.82, 2.24) is 0 Å². The Hall–Kier alpha value is 0.270. The predicted octanol–water partition coefficient (Wildman–Crippen LogP) is 3.59. The summed E-state index contributed by atoms with van der Waals surface area (Å²) in [4.78, 5) is 0. The maximum absolute atomic E-state index is 6.90. The van der Waals surface area contributed by atoms with Crippen LogP contribution in [0.1, 0.15) is 58.8 Å². The molecule has 3 fully saturated rings. The van der Waals surface area contributed by atoms with E-state index in [0.717, 1.165) is 6.61 Å². The summed E-state index contributed by atoms with van der Waals surface area (Å²) in [6.07, 6.45) is 8.72. The topological polar surface area (TPSA) is 35.2 Å². The molecule has 0 aromatic rings. The van der Waals surface area contributed by atoms with Crippen LogP contribution in [0.3, 0.4) is 0 Å². The molecule has 0 aromatic heterocycles. The van der Waals surface area contributed by atoms with Crippen LogP contribution in [-0.2, 0) is 4.74 Å². The van der Waals surface area contributed by atoms with Crippen LogP contribution in [0.25, 0.3) is 0 Å². The molecular formula is C16H29NOS. The summed E-state index contributed by atoms with van der Waals surface area (Å²) in [7, 11) is 0. The van der Waals surface area contributed by atoms with Gasteiger partial charge in [0.25, 0.3) is 0 Å². The molecule has 2 heterocycles. The van der Waals surface area contributed by atoms with Gasteiger partial charge in [0, 0.05) is 17.9 Å². The van der Waals surface area contributed by atoms with Crippen LogP contribution in [-0.4, -0.2) is 29.3 Å². The largest absolute Gasteiger partial charge is 0.374 e. The zero-order chi connectivity index (χ0) is 13.6. The number of ether oxygens (including phenoxy) is 1. The van der Waals surface area contributed by atoms with Gasteiger partial charge in [-0.1, -0.05) is 20.3 Å². The van der Waals surface area contributed by atoms with Crippen LogP contribution in [0.4, 0.5) is 0 Å². The zero-order valence-corrected chi connectivity index (χ0v) is 13.4. The highest BCUT2D eigenvalue weighted by atomic mass is 32.2. The molecule has 1 saturated carbocycles. The van der Waals surface area contributed by atoms with Crippen LogP contribution in [0.2, 0.25) is 0 Å². The van der Waals surface area contributed by atoms with Gasteiger partial charge in [0.05, 0.1) is 5.60 Å². The zero-order valence-electron chi connectivity index (χ0n) is 12.5. The van der Waals surface area contributed by atoms with E-state index in [-0.39, 0.29) is 11.1 Å². The van der Waals surface area contributed by atoms with E-state index in [4.69, 9.17) is 10.5 Å². The Morgan fingerprint density at radius 2 is 2.05 bits per heavy atom. The molecule has 2 nitrogen and oxygen atoms in total. The number of rotatable bonds is 1. The standard InChI is InChI=1S/C16H29NOS/c1-14(2)5-3-6-16(17,11-14)13-4-8-18-15(10-13)7-9-19-12-15/h13H,3-12,17H2,1-2H3. The Kier molecular flexibility index (Phi) is 3.68. The van der Waals surface area contributed by atoms with Crippen molar-refractivity contribution >= 4 is 11.8 Å². The Bertz CT molecular complexity index is 338.